The second kappa shape index (κ2) is 12.4. The van der Waals surface area contributed by atoms with Crippen LogP contribution in [-0.2, 0) is 25.7 Å². The molecule has 2 atom stereocenters. The van der Waals surface area contributed by atoms with Crippen LogP contribution < -0.4 is 10.6 Å². The lowest BCUT2D eigenvalue weighted by molar-refractivity contribution is -0.384. The van der Waals surface area contributed by atoms with Gasteiger partial charge in [-0.15, -0.1) is 0 Å². The van der Waals surface area contributed by atoms with Crippen molar-refractivity contribution < 1.29 is 24.0 Å². The molecule has 0 aromatic heterocycles. The number of carbonyl (C=O) groups excluding carboxylic acids is 3. The maximum atomic E-state index is 13.9. The minimum absolute atomic E-state index is 0.155. The van der Waals surface area contributed by atoms with Crippen molar-refractivity contribution in [2.75, 3.05) is 14.2 Å². The van der Waals surface area contributed by atoms with Gasteiger partial charge in [0.25, 0.3) is 11.6 Å². The van der Waals surface area contributed by atoms with Crippen LogP contribution in [0.5, 0.6) is 0 Å². The number of esters is 1. The predicted octanol–water partition coefficient (Wildman–Crippen LogP) is 3.80. The molecule has 2 aromatic rings. The number of ether oxygens (including phenoxy) is 1. The number of hydrogen-bond donors (Lipinski definition) is 2. The van der Waals surface area contributed by atoms with Gasteiger partial charge in [0.1, 0.15) is 6.04 Å². The number of nitrogens with zero attached hydrogens (tertiary/aromatic N) is 2. The molecule has 0 aliphatic carbocycles. The lowest BCUT2D eigenvalue weighted by atomic mass is 9.79. The summed E-state index contributed by atoms with van der Waals surface area (Å²) in [5.74, 6) is -2.70. The van der Waals surface area contributed by atoms with Crippen LogP contribution in [0, 0.1) is 16.0 Å². The number of carbonyl (C=O) groups is 3. The summed E-state index contributed by atoms with van der Waals surface area (Å²) < 4.78 is 5.01. The molecule has 2 unspecified atom stereocenters. The molecule has 1 heterocycles. The molecule has 0 radical (unpaired) electrons. The number of nitro groups is 1. The molecule has 39 heavy (non-hydrogen) atoms. The zero-order valence-corrected chi connectivity index (χ0v) is 23.0. The summed E-state index contributed by atoms with van der Waals surface area (Å²) in [7, 11) is 2.91. The summed E-state index contributed by atoms with van der Waals surface area (Å²) in [5.41, 5.74) is 2.40. The molecule has 206 valence electrons. The Labute approximate surface area is 227 Å². The molecular weight excluding hydrogens is 500 g/mol. The summed E-state index contributed by atoms with van der Waals surface area (Å²) in [6, 6.07) is 14.5. The lowest BCUT2D eigenvalue weighted by Crippen LogP contribution is -2.51. The number of nitro benzene ring substituents is 1. The molecule has 10 nitrogen and oxygen atoms in total. The number of likely N-dealkylation sites (N-methyl/N-ethyl adjacent to an activating group) is 1. The van der Waals surface area contributed by atoms with Crippen LogP contribution in [0.25, 0.3) is 0 Å². The molecule has 1 aliphatic heterocycles. The van der Waals surface area contributed by atoms with Crippen molar-refractivity contribution in [3.05, 3.63) is 98.4 Å². The van der Waals surface area contributed by atoms with E-state index in [4.69, 9.17) is 4.74 Å². The van der Waals surface area contributed by atoms with Crippen molar-refractivity contribution in [2.45, 2.75) is 46.2 Å². The van der Waals surface area contributed by atoms with Crippen LogP contribution >= 0.6 is 0 Å². The standard InChI is InChI=1S/C29H34N4O6/c1-17(2)26(28(35)32(5)16-20-11-8-7-9-12-20)31-27(34)23-18(3)30-19(4)24(29(36)39-6)25(23)21-13-10-14-22(15-21)33(37)38/h7-15,17,25-26,30H,16H2,1-6H3,(H,31,34). The number of non-ortho nitro benzene ring substituents is 1. The first-order valence-electron chi connectivity index (χ1n) is 12.6. The van der Waals surface area contributed by atoms with Gasteiger partial charge in [-0.2, -0.15) is 0 Å². The molecule has 0 bridgehead atoms. The molecule has 0 fully saturated rings. The maximum Gasteiger partial charge on any atom is 0.336 e. The quantitative estimate of drug-likeness (QED) is 0.284. The fourth-order valence-electron chi connectivity index (χ4n) is 4.73. The third-order valence-electron chi connectivity index (χ3n) is 6.68. The smallest absolute Gasteiger partial charge is 0.336 e. The summed E-state index contributed by atoms with van der Waals surface area (Å²) in [6.45, 7) is 7.40. The highest BCUT2D eigenvalue weighted by atomic mass is 16.6. The Morgan fingerprint density at radius 1 is 1.05 bits per heavy atom. The number of methoxy groups -OCH3 is 1. The van der Waals surface area contributed by atoms with E-state index in [1.807, 2.05) is 44.2 Å². The van der Waals surface area contributed by atoms with Crippen molar-refractivity contribution in [3.8, 4) is 0 Å². The highest BCUT2D eigenvalue weighted by Crippen LogP contribution is 2.39. The number of rotatable bonds is 9. The van der Waals surface area contributed by atoms with Gasteiger partial charge in [-0.05, 0) is 30.9 Å². The van der Waals surface area contributed by atoms with Crippen molar-refractivity contribution in [1.82, 2.24) is 15.5 Å². The molecule has 2 N–H and O–H groups in total. The van der Waals surface area contributed by atoms with E-state index in [0.717, 1.165) is 5.56 Å². The number of benzene rings is 2. The van der Waals surface area contributed by atoms with Crippen molar-refractivity contribution in [2.24, 2.45) is 5.92 Å². The van der Waals surface area contributed by atoms with E-state index in [1.54, 1.807) is 31.9 Å². The molecule has 10 heteroatoms. The first-order chi connectivity index (χ1) is 18.5. The van der Waals surface area contributed by atoms with Gasteiger partial charge in [-0.3, -0.25) is 19.7 Å². The van der Waals surface area contributed by atoms with Gasteiger partial charge in [0.15, 0.2) is 0 Å². The number of amides is 2. The Morgan fingerprint density at radius 2 is 1.69 bits per heavy atom. The summed E-state index contributed by atoms with van der Waals surface area (Å²) >= 11 is 0. The normalized spacial score (nSPS) is 15.9. The zero-order chi connectivity index (χ0) is 28.9. The first-order valence-corrected chi connectivity index (χ1v) is 12.6. The largest absolute Gasteiger partial charge is 0.466 e. The maximum absolute atomic E-state index is 13.9. The van der Waals surface area contributed by atoms with E-state index in [-0.39, 0.29) is 28.7 Å². The van der Waals surface area contributed by atoms with Crippen LogP contribution in [0.2, 0.25) is 0 Å². The first kappa shape index (κ1) is 29.1. The van der Waals surface area contributed by atoms with E-state index < -0.39 is 28.8 Å². The predicted molar refractivity (Wildman–Crippen MR) is 146 cm³/mol. The molecule has 2 amide bonds. The average molecular weight is 535 g/mol. The van der Waals surface area contributed by atoms with Crippen molar-refractivity contribution in [1.29, 1.82) is 0 Å². The van der Waals surface area contributed by atoms with E-state index in [2.05, 4.69) is 10.6 Å². The number of hydrogen-bond acceptors (Lipinski definition) is 7. The monoisotopic (exact) mass is 534 g/mol. The Bertz CT molecular complexity index is 1330. The van der Waals surface area contributed by atoms with Crippen molar-refractivity contribution in [3.63, 3.8) is 0 Å². The molecule has 0 saturated carbocycles. The average Bonchev–Trinajstić information content (AvgIpc) is 2.90. The fraction of sp³-hybridized carbons (Fsp3) is 0.345. The Morgan fingerprint density at radius 3 is 2.28 bits per heavy atom. The molecule has 1 aliphatic rings. The molecule has 0 spiro atoms. The van der Waals surface area contributed by atoms with Gasteiger partial charge in [-0.25, -0.2) is 4.79 Å². The number of dihydropyridines is 1. The molecule has 0 saturated heterocycles. The topological polar surface area (TPSA) is 131 Å². The molecule has 3 rings (SSSR count). The van der Waals surface area contributed by atoms with E-state index >= 15 is 0 Å². The SMILES string of the molecule is COC(=O)C1=C(C)NC(C)=C(C(=O)NC(C(=O)N(C)Cc2ccccc2)C(C)C)C1c1cccc([N+](=O)[O-])c1. The van der Waals surface area contributed by atoms with E-state index in [0.29, 0.717) is 23.5 Å². The lowest BCUT2D eigenvalue weighted by Gasteiger charge is -2.33. The zero-order valence-electron chi connectivity index (χ0n) is 23.0. The second-order valence-electron chi connectivity index (χ2n) is 9.85. The van der Waals surface area contributed by atoms with Crippen LogP contribution in [0.1, 0.15) is 44.7 Å². The fourth-order valence-corrected chi connectivity index (χ4v) is 4.73. The Kier molecular flexibility index (Phi) is 9.24. The van der Waals surface area contributed by atoms with Gasteiger partial charge in [0, 0.05) is 42.7 Å². The van der Waals surface area contributed by atoms with E-state index in [1.165, 1.54) is 25.3 Å². The summed E-state index contributed by atoms with van der Waals surface area (Å²) in [4.78, 5) is 52.7. The van der Waals surface area contributed by atoms with Gasteiger partial charge in [0.05, 0.1) is 23.5 Å². The molecular formula is C29H34N4O6. The van der Waals surface area contributed by atoms with Gasteiger partial charge >= 0.3 is 5.97 Å². The second-order valence-corrected chi connectivity index (χ2v) is 9.85. The number of nitrogens with one attached hydrogen (secondary N) is 2. The Balaban J connectivity index is 2.00. The highest BCUT2D eigenvalue weighted by molar-refractivity contribution is 6.03. The summed E-state index contributed by atoms with van der Waals surface area (Å²) in [5, 5.41) is 17.4. The highest BCUT2D eigenvalue weighted by Gasteiger charge is 2.39. The number of allylic oxidation sites excluding steroid dienone is 2. The van der Waals surface area contributed by atoms with Gasteiger partial charge < -0.3 is 20.3 Å². The van der Waals surface area contributed by atoms with E-state index in [9.17, 15) is 24.5 Å². The third kappa shape index (κ3) is 6.51. The molecule has 2 aromatic carbocycles. The van der Waals surface area contributed by atoms with Crippen LogP contribution in [0.3, 0.4) is 0 Å². The third-order valence-corrected chi connectivity index (χ3v) is 6.68. The minimum atomic E-state index is -0.955. The minimum Gasteiger partial charge on any atom is -0.466 e. The Hall–Kier alpha value is -4.47. The summed E-state index contributed by atoms with van der Waals surface area (Å²) in [6.07, 6.45) is 0. The van der Waals surface area contributed by atoms with Gasteiger partial charge in [-0.1, -0.05) is 56.3 Å². The van der Waals surface area contributed by atoms with Crippen LogP contribution in [0.15, 0.2) is 77.1 Å². The van der Waals surface area contributed by atoms with Crippen LogP contribution in [-0.4, -0.2) is 47.8 Å². The van der Waals surface area contributed by atoms with Gasteiger partial charge in [0.2, 0.25) is 5.91 Å². The van der Waals surface area contributed by atoms with Crippen molar-refractivity contribution >= 4 is 23.5 Å². The van der Waals surface area contributed by atoms with Crippen LogP contribution in [0.4, 0.5) is 5.69 Å².